The maximum atomic E-state index is 13.5. The van der Waals surface area contributed by atoms with Crippen molar-refractivity contribution in [1.82, 2.24) is 0 Å². The minimum Gasteiger partial charge on any atom is -0.317 e. The number of anilines is 1. The Morgan fingerprint density at radius 1 is 0.808 bits per heavy atom. The fraction of sp³-hybridized carbons (Fsp3) is 0. The highest BCUT2D eigenvalue weighted by molar-refractivity contribution is 6.05. The van der Waals surface area contributed by atoms with Gasteiger partial charge in [-0.05, 0) is 6.07 Å². The van der Waals surface area contributed by atoms with Gasteiger partial charge in [0.15, 0.2) is 23.3 Å². The Labute approximate surface area is 139 Å². The number of hydrogen-bond acceptors (Lipinski definition) is 5. The van der Waals surface area contributed by atoms with Gasteiger partial charge in [-0.3, -0.25) is 25.0 Å². The van der Waals surface area contributed by atoms with E-state index in [-0.39, 0.29) is 0 Å². The minimum absolute atomic E-state index is 0.416. The molecule has 8 nitrogen and oxygen atoms in total. The Bertz CT molecular complexity index is 937. The van der Waals surface area contributed by atoms with Gasteiger partial charge in [0.1, 0.15) is 5.69 Å². The summed E-state index contributed by atoms with van der Waals surface area (Å²) in [5.41, 5.74) is -4.44. The van der Waals surface area contributed by atoms with Crippen LogP contribution in [0.2, 0.25) is 0 Å². The van der Waals surface area contributed by atoms with E-state index in [4.69, 9.17) is 0 Å². The van der Waals surface area contributed by atoms with Gasteiger partial charge in [0.05, 0.1) is 9.85 Å². The molecule has 0 unspecified atom stereocenters. The van der Waals surface area contributed by atoms with E-state index in [9.17, 15) is 47.0 Å². The number of nitro groups is 2. The molecule has 0 radical (unpaired) electrons. The van der Waals surface area contributed by atoms with Gasteiger partial charge in [0, 0.05) is 17.7 Å². The number of carbonyl (C=O) groups excluding carboxylic acids is 1. The quantitative estimate of drug-likeness (QED) is 0.288. The molecule has 0 aromatic heterocycles. The lowest BCUT2D eigenvalue weighted by atomic mass is 10.1. The van der Waals surface area contributed by atoms with E-state index in [0.717, 1.165) is 0 Å². The van der Waals surface area contributed by atoms with Crippen molar-refractivity contribution < 1.29 is 36.6 Å². The highest BCUT2D eigenvalue weighted by atomic mass is 19.2. The molecule has 0 saturated heterocycles. The number of carbonyl (C=O) groups is 1. The van der Waals surface area contributed by atoms with E-state index in [1.54, 1.807) is 0 Å². The van der Waals surface area contributed by atoms with Gasteiger partial charge in [-0.25, -0.2) is 22.0 Å². The second-order valence-electron chi connectivity index (χ2n) is 4.62. The van der Waals surface area contributed by atoms with Crippen LogP contribution in [0.5, 0.6) is 0 Å². The summed E-state index contributed by atoms with van der Waals surface area (Å²) in [5, 5.41) is 22.9. The molecule has 2 rings (SSSR count). The molecule has 0 atom stereocenters. The van der Waals surface area contributed by atoms with Gasteiger partial charge in [-0.2, -0.15) is 0 Å². The first kappa shape index (κ1) is 18.7. The van der Waals surface area contributed by atoms with Gasteiger partial charge in [0.2, 0.25) is 5.82 Å². The van der Waals surface area contributed by atoms with Crippen molar-refractivity contribution in [3.05, 3.63) is 73.1 Å². The Morgan fingerprint density at radius 3 is 1.73 bits per heavy atom. The van der Waals surface area contributed by atoms with Gasteiger partial charge in [0.25, 0.3) is 5.91 Å². The van der Waals surface area contributed by atoms with Crippen molar-refractivity contribution in [2.75, 3.05) is 5.32 Å². The highest BCUT2D eigenvalue weighted by Gasteiger charge is 2.29. The van der Waals surface area contributed by atoms with Crippen molar-refractivity contribution in [1.29, 1.82) is 0 Å². The Balaban J connectivity index is 2.48. The molecule has 2 aromatic rings. The van der Waals surface area contributed by atoms with Crippen LogP contribution >= 0.6 is 0 Å². The molecule has 0 aliphatic carbocycles. The lowest BCUT2D eigenvalue weighted by molar-refractivity contribution is -0.422. The third kappa shape index (κ3) is 3.13. The highest BCUT2D eigenvalue weighted by Crippen LogP contribution is 2.30. The van der Waals surface area contributed by atoms with E-state index in [1.807, 2.05) is 0 Å². The van der Waals surface area contributed by atoms with Crippen molar-refractivity contribution in [3.8, 4) is 0 Å². The Morgan fingerprint density at radius 2 is 1.27 bits per heavy atom. The average molecular weight is 377 g/mol. The lowest BCUT2D eigenvalue weighted by Gasteiger charge is -2.09. The van der Waals surface area contributed by atoms with E-state index in [2.05, 4.69) is 0 Å². The second-order valence-corrected chi connectivity index (χ2v) is 4.62. The molecular formula is C13H4F5N3O5. The van der Waals surface area contributed by atoms with E-state index in [0.29, 0.717) is 18.2 Å². The summed E-state index contributed by atoms with van der Waals surface area (Å²) < 4.78 is 66.2. The molecule has 0 bridgehead atoms. The molecule has 1 N–H and O–H groups in total. The molecule has 2 aromatic carbocycles. The zero-order chi connectivity index (χ0) is 19.8. The van der Waals surface area contributed by atoms with Crippen LogP contribution in [0.1, 0.15) is 10.4 Å². The number of nitro benzene ring substituents is 2. The second kappa shape index (κ2) is 6.70. The van der Waals surface area contributed by atoms with E-state index < -0.39 is 67.5 Å². The molecule has 26 heavy (non-hydrogen) atoms. The molecule has 0 fully saturated rings. The number of nitrogens with one attached hydrogen (secondary N) is 1. The first-order chi connectivity index (χ1) is 12.1. The fourth-order valence-corrected chi connectivity index (χ4v) is 1.87. The van der Waals surface area contributed by atoms with Gasteiger partial charge >= 0.3 is 11.4 Å². The average Bonchev–Trinajstić information content (AvgIpc) is 2.61. The van der Waals surface area contributed by atoms with Crippen molar-refractivity contribution in [2.24, 2.45) is 0 Å². The van der Waals surface area contributed by atoms with Gasteiger partial charge in [-0.15, -0.1) is 0 Å². The predicted molar refractivity (Wildman–Crippen MR) is 73.9 cm³/mol. The van der Waals surface area contributed by atoms with Crippen LogP contribution in [-0.4, -0.2) is 15.8 Å². The number of nitrogens with zero attached hydrogens (tertiary/aromatic N) is 2. The lowest BCUT2D eigenvalue weighted by Crippen LogP contribution is -2.17. The Hall–Kier alpha value is -3.64. The molecular weight excluding hydrogens is 373 g/mol. The van der Waals surface area contributed by atoms with E-state index >= 15 is 0 Å². The number of hydrogen-bond donors (Lipinski definition) is 1. The third-order valence-electron chi connectivity index (χ3n) is 3.08. The molecule has 0 aliphatic heterocycles. The van der Waals surface area contributed by atoms with Crippen molar-refractivity contribution in [3.63, 3.8) is 0 Å². The fourth-order valence-electron chi connectivity index (χ4n) is 1.87. The molecule has 0 saturated carbocycles. The monoisotopic (exact) mass is 377 g/mol. The number of benzene rings is 2. The van der Waals surface area contributed by atoms with Gasteiger partial charge in [-0.1, -0.05) is 0 Å². The normalized spacial score (nSPS) is 10.5. The molecule has 136 valence electrons. The number of amides is 1. The third-order valence-corrected chi connectivity index (χ3v) is 3.08. The standard InChI is InChI=1S/C13H4F5N3O5/c14-7-8(15)10(17)12(11(18)9(7)16)19-13(22)4-1-2-5(20(23)24)6(3-4)21(25)26/h1-3H,(H,19,22). The van der Waals surface area contributed by atoms with Gasteiger partial charge < -0.3 is 5.32 Å². The smallest absolute Gasteiger partial charge is 0.317 e. The topological polar surface area (TPSA) is 115 Å². The Kier molecular flexibility index (Phi) is 4.82. The van der Waals surface area contributed by atoms with Crippen LogP contribution < -0.4 is 5.32 Å². The zero-order valence-electron chi connectivity index (χ0n) is 12.1. The molecule has 0 heterocycles. The molecule has 13 heteroatoms. The number of rotatable bonds is 4. The van der Waals surface area contributed by atoms with E-state index in [1.165, 1.54) is 5.32 Å². The molecule has 0 aliphatic rings. The predicted octanol–water partition coefficient (Wildman–Crippen LogP) is 3.45. The van der Waals surface area contributed by atoms with Crippen LogP contribution in [0.3, 0.4) is 0 Å². The maximum Gasteiger partial charge on any atom is 0.346 e. The maximum absolute atomic E-state index is 13.5. The summed E-state index contributed by atoms with van der Waals surface area (Å²) in [7, 11) is 0. The van der Waals surface area contributed by atoms with Crippen molar-refractivity contribution in [2.45, 2.75) is 0 Å². The first-order valence-electron chi connectivity index (χ1n) is 6.31. The largest absolute Gasteiger partial charge is 0.346 e. The summed E-state index contributed by atoms with van der Waals surface area (Å²) >= 11 is 0. The minimum atomic E-state index is -2.44. The molecule has 0 spiro atoms. The number of halogens is 5. The first-order valence-corrected chi connectivity index (χ1v) is 6.31. The van der Waals surface area contributed by atoms with Crippen LogP contribution in [0.25, 0.3) is 0 Å². The summed E-state index contributed by atoms with van der Waals surface area (Å²) in [6.07, 6.45) is 0. The van der Waals surface area contributed by atoms with Crippen LogP contribution in [0.15, 0.2) is 18.2 Å². The SMILES string of the molecule is O=C(Nc1c(F)c(F)c(F)c(F)c1F)c1ccc([N+](=O)[O-])c([N+](=O)[O-])c1. The van der Waals surface area contributed by atoms with Crippen molar-refractivity contribution >= 4 is 23.0 Å². The van der Waals surface area contributed by atoms with Crippen LogP contribution in [0, 0.1) is 49.3 Å². The van der Waals surface area contributed by atoms with Crippen LogP contribution in [-0.2, 0) is 0 Å². The summed E-state index contributed by atoms with van der Waals surface area (Å²) in [4.78, 5) is 31.1. The van der Waals surface area contributed by atoms with Crippen LogP contribution in [0.4, 0.5) is 39.0 Å². The summed E-state index contributed by atoms with van der Waals surface area (Å²) in [6, 6.07) is 1.69. The summed E-state index contributed by atoms with van der Waals surface area (Å²) in [5.74, 6) is -13.2. The molecule has 1 amide bonds. The zero-order valence-corrected chi connectivity index (χ0v) is 12.1. The summed E-state index contributed by atoms with van der Waals surface area (Å²) in [6.45, 7) is 0.